The van der Waals surface area contributed by atoms with Crippen molar-refractivity contribution in [2.45, 2.75) is 60.9 Å². The highest BCUT2D eigenvalue weighted by Gasteiger charge is 2.21. The van der Waals surface area contributed by atoms with E-state index in [-0.39, 0.29) is 11.3 Å². The molecule has 0 radical (unpaired) electrons. The first-order chi connectivity index (χ1) is 16.0. The van der Waals surface area contributed by atoms with Crippen LogP contribution < -0.4 is 5.32 Å². The number of likely N-dealkylation sites (N-methyl/N-ethyl adjacent to an activating group) is 1. The first kappa shape index (κ1) is 29.0. The minimum Gasteiger partial charge on any atom is -0.465 e. The van der Waals surface area contributed by atoms with Gasteiger partial charge in [0.1, 0.15) is 5.76 Å². The average molecular weight is 465 g/mol. The number of rotatable bonds is 12. The fourth-order valence-electron chi connectivity index (χ4n) is 3.43. The Morgan fingerprint density at radius 2 is 1.97 bits per heavy atom. The fourth-order valence-corrected chi connectivity index (χ4v) is 3.43. The summed E-state index contributed by atoms with van der Waals surface area (Å²) in [4.78, 5) is 14.7. The normalized spacial score (nSPS) is 13.5. The molecule has 186 valence electrons. The van der Waals surface area contributed by atoms with Gasteiger partial charge >= 0.3 is 0 Å². The molecule has 0 fully saturated rings. The van der Waals surface area contributed by atoms with E-state index in [2.05, 4.69) is 65.2 Å². The molecule has 1 atom stereocenters. The number of hydrogen-bond donors (Lipinski definition) is 1. The van der Waals surface area contributed by atoms with Gasteiger partial charge in [-0.3, -0.25) is 4.79 Å². The zero-order valence-electron chi connectivity index (χ0n) is 22.5. The molecule has 0 spiro atoms. The Hall–Kier alpha value is -3.01. The summed E-state index contributed by atoms with van der Waals surface area (Å²) in [6, 6.07) is 6.14. The van der Waals surface area contributed by atoms with Crippen LogP contribution in [0, 0.1) is 11.3 Å². The minimum atomic E-state index is -0.0712. The van der Waals surface area contributed by atoms with Gasteiger partial charge in [-0.1, -0.05) is 78.1 Å². The van der Waals surface area contributed by atoms with E-state index in [1.165, 1.54) is 0 Å². The molecule has 1 aromatic rings. The lowest BCUT2D eigenvalue weighted by atomic mass is 9.91. The molecule has 1 rings (SSSR count). The Bertz CT molecular complexity index is 945. The molecule has 0 saturated heterocycles. The molecule has 4 nitrogen and oxygen atoms in total. The summed E-state index contributed by atoms with van der Waals surface area (Å²) < 4.78 is 5.80. The third-order valence-electron chi connectivity index (χ3n) is 5.63. The predicted molar refractivity (Wildman–Crippen MR) is 147 cm³/mol. The van der Waals surface area contributed by atoms with Gasteiger partial charge in [-0.15, -0.1) is 0 Å². The third-order valence-corrected chi connectivity index (χ3v) is 5.63. The van der Waals surface area contributed by atoms with E-state index in [0.29, 0.717) is 24.6 Å². The van der Waals surface area contributed by atoms with E-state index in [1.54, 1.807) is 17.2 Å². The van der Waals surface area contributed by atoms with E-state index >= 15 is 0 Å². The van der Waals surface area contributed by atoms with Crippen LogP contribution >= 0.6 is 0 Å². The zero-order valence-corrected chi connectivity index (χ0v) is 22.5. The molecule has 1 amide bonds. The monoisotopic (exact) mass is 464 g/mol. The summed E-state index contributed by atoms with van der Waals surface area (Å²) in [6.07, 6.45) is 11.1. The molecule has 0 heterocycles. The molecular weight excluding hydrogens is 420 g/mol. The molecule has 0 saturated carbocycles. The quantitative estimate of drug-likeness (QED) is 0.260. The van der Waals surface area contributed by atoms with Crippen molar-refractivity contribution in [3.63, 3.8) is 0 Å². The largest absolute Gasteiger partial charge is 0.465 e. The molecule has 34 heavy (non-hydrogen) atoms. The smallest absolute Gasteiger partial charge is 0.223 e. The Morgan fingerprint density at radius 1 is 1.29 bits per heavy atom. The van der Waals surface area contributed by atoms with Crippen molar-refractivity contribution in [3.05, 3.63) is 84.3 Å². The van der Waals surface area contributed by atoms with Gasteiger partial charge in [-0.05, 0) is 47.9 Å². The molecular formula is C30H44N2O2. The predicted octanol–water partition coefficient (Wildman–Crippen LogP) is 7.32. The zero-order chi connectivity index (χ0) is 25.9. The molecule has 4 heteroatoms. The highest BCUT2D eigenvalue weighted by molar-refractivity contribution is 5.83. The van der Waals surface area contributed by atoms with Crippen LogP contribution in [0.15, 0.2) is 67.6 Å². The lowest BCUT2D eigenvalue weighted by Gasteiger charge is -2.25. The molecule has 1 unspecified atom stereocenters. The Balaban J connectivity index is 3.44. The van der Waals surface area contributed by atoms with E-state index in [4.69, 9.17) is 4.74 Å². The number of nitrogens with zero attached hydrogens (tertiary/aromatic N) is 1. The summed E-state index contributed by atoms with van der Waals surface area (Å²) in [7, 11) is 3.76. The number of nitrogens with one attached hydrogen (secondary N) is 1. The average Bonchev–Trinajstić information content (AvgIpc) is 2.77. The maximum atomic E-state index is 12.9. The Labute approximate surface area is 207 Å². The van der Waals surface area contributed by atoms with Gasteiger partial charge in [-0.2, -0.15) is 0 Å². The second-order valence-corrected chi connectivity index (χ2v) is 9.88. The number of allylic oxidation sites excluding steroid dienone is 5. The first-order valence-corrected chi connectivity index (χ1v) is 12.0. The van der Waals surface area contributed by atoms with E-state index in [1.807, 2.05) is 45.3 Å². The maximum Gasteiger partial charge on any atom is 0.223 e. The maximum absolute atomic E-state index is 12.9. The summed E-state index contributed by atoms with van der Waals surface area (Å²) in [5.41, 5.74) is 4.86. The van der Waals surface area contributed by atoms with Gasteiger partial charge in [0, 0.05) is 43.9 Å². The van der Waals surface area contributed by atoms with Crippen LogP contribution in [0.5, 0.6) is 0 Å². The van der Waals surface area contributed by atoms with Gasteiger partial charge in [-0.25, -0.2) is 0 Å². The van der Waals surface area contributed by atoms with E-state index in [0.717, 1.165) is 34.4 Å². The second kappa shape index (κ2) is 13.6. The van der Waals surface area contributed by atoms with Crippen molar-refractivity contribution in [1.82, 2.24) is 10.2 Å². The van der Waals surface area contributed by atoms with Gasteiger partial charge in [0.2, 0.25) is 5.91 Å². The van der Waals surface area contributed by atoms with Gasteiger partial charge in [0.15, 0.2) is 0 Å². The lowest BCUT2D eigenvalue weighted by molar-refractivity contribution is -0.132. The first-order valence-electron chi connectivity index (χ1n) is 12.0. The van der Waals surface area contributed by atoms with Crippen molar-refractivity contribution < 1.29 is 9.53 Å². The number of benzene rings is 1. The van der Waals surface area contributed by atoms with Crippen LogP contribution in [0.3, 0.4) is 0 Å². The minimum absolute atomic E-state index is 0.0712. The lowest BCUT2D eigenvalue weighted by Crippen LogP contribution is -2.30. The molecule has 0 aliphatic carbocycles. The standard InChI is InChI=1S/C30H44N2O2/c1-11-14-27(28(13-3)31-9)26-16-15-24(23(5)34-18-17-22(4)12-2)19-25(26)21-32(10)29(33)20-30(6,7)8/h11,13-19,22,31H,1,5,12,20-21H2,2-4,6-10H3/b18-17-,27-14-,28-13+. The second-order valence-electron chi connectivity index (χ2n) is 9.88. The molecule has 0 aromatic heterocycles. The SMILES string of the molecule is C=C/C=C(\C(=C/C)NC)c1ccc(C(=C)O/C=C\C(C)CC)cc1CN(C)C(=O)CC(C)(C)C. The van der Waals surface area contributed by atoms with Crippen LogP contribution in [-0.4, -0.2) is 24.9 Å². The topological polar surface area (TPSA) is 41.6 Å². The van der Waals surface area contributed by atoms with Crippen LogP contribution in [-0.2, 0) is 16.1 Å². The fraction of sp³-hybridized carbons (Fsp3) is 0.433. The summed E-state index contributed by atoms with van der Waals surface area (Å²) in [5.74, 6) is 1.13. The van der Waals surface area contributed by atoms with E-state index < -0.39 is 0 Å². The molecule has 1 aromatic carbocycles. The third kappa shape index (κ3) is 9.09. The Morgan fingerprint density at radius 3 is 2.50 bits per heavy atom. The Kier molecular flexibility index (Phi) is 11.6. The van der Waals surface area contributed by atoms with Crippen molar-refractivity contribution in [2.75, 3.05) is 14.1 Å². The molecule has 0 aliphatic rings. The van der Waals surface area contributed by atoms with E-state index in [9.17, 15) is 4.79 Å². The van der Waals surface area contributed by atoms with Crippen molar-refractivity contribution in [3.8, 4) is 0 Å². The van der Waals surface area contributed by atoms with Crippen LogP contribution in [0.2, 0.25) is 0 Å². The highest BCUT2D eigenvalue weighted by Crippen LogP contribution is 2.30. The number of amides is 1. The number of carbonyl (C=O) groups is 1. The molecule has 1 N–H and O–H groups in total. The van der Waals surface area contributed by atoms with Crippen molar-refractivity contribution >= 4 is 17.2 Å². The number of ether oxygens (including phenoxy) is 1. The van der Waals surface area contributed by atoms with Gasteiger partial charge in [0.05, 0.1) is 6.26 Å². The number of hydrogen-bond acceptors (Lipinski definition) is 3. The number of carbonyl (C=O) groups excluding carboxylic acids is 1. The van der Waals surface area contributed by atoms with Crippen LogP contribution in [0.1, 0.15) is 71.1 Å². The molecule has 0 bridgehead atoms. The van der Waals surface area contributed by atoms with Gasteiger partial charge < -0.3 is 15.0 Å². The van der Waals surface area contributed by atoms with Crippen molar-refractivity contribution in [1.29, 1.82) is 0 Å². The van der Waals surface area contributed by atoms with Gasteiger partial charge in [0.25, 0.3) is 0 Å². The highest BCUT2D eigenvalue weighted by atomic mass is 16.5. The van der Waals surface area contributed by atoms with Crippen LogP contribution in [0.4, 0.5) is 0 Å². The summed E-state index contributed by atoms with van der Waals surface area (Å²) >= 11 is 0. The molecule has 0 aliphatic heterocycles. The summed E-state index contributed by atoms with van der Waals surface area (Å²) in [6.45, 7) is 21.0. The van der Waals surface area contributed by atoms with Crippen LogP contribution in [0.25, 0.3) is 11.3 Å². The van der Waals surface area contributed by atoms with Crippen molar-refractivity contribution in [2.24, 2.45) is 11.3 Å². The summed E-state index contributed by atoms with van der Waals surface area (Å²) in [5, 5.41) is 3.26.